The Labute approximate surface area is 135 Å². The van der Waals surface area contributed by atoms with Crippen LogP contribution in [0.2, 0.25) is 6.04 Å². The van der Waals surface area contributed by atoms with Gasteiger partial charge in [0.15, 0.2) is 9.76 Å². The first kappa shape index (κ1) is 21.1. The molecule has 0 rings (SSSR count). The third-order valence-electron chi connectivity index (χ3n) is 3.68. The van der Waals surface area contributed by atoms with Crippen LogP contribution >= 0.6 is 0 Å². The van der Waals surface area contributed by atoms with Gasteiger partial charge in [-0.05, 0) is 61.7 Å². The molecule has 0 radical (unpaired) electrons. The van der Waals surface area contributed by atoms with E-state index in [-0.39, 0.29) is 0 Å². The minimum absolute atomic E-state index is 0.314. The molecule has 0 saturated heterocycles. The fourth-order valence-corrected chi connectivity index (χ4v) is 4.96. The molecule has 0 aromatic carbocycles. The van der Waals surface area contributed by atoms with Crippen LogP contribution < -0.4 is 0 Å². The van der Waals surface area contributed by atoms with Gasteiger partial charge in [-0.15, -0.1) is 0 Å². The Bertz CT molecular complexity index is 233. The van der Waals surface area contributed by atoms with Crippen LogP contribution in [0.5, 0.6) is 0 Å². The van der Waals surface area contributed by atoms with Crippen LogP contribution in [0.3, 0.4) is 0 Å². The summed E-state index contributed by atoms with van der Waals surface area (Å²) in [5, 5.41) is 0. The third-order valence-corrected chi connectivity index (χ3v) is 5.75. The maximum absolute atomic E-state index is 6.17. The highest BCUT2D eigenvalue weighted by atomic mass is 28.2. The lowest BCUT2D eigenvalue weighted by molar-refractivity contribution is 0.116. The molecule has 0 N–H and O–H groups in total. The Morgan fingerprint density at radius 2 is 1.33 bits per heavy atom. The van der Waals surface area contributed by atoms with Crippen LogP contribution in [0, 0.1) is 5.41 Å². The molecule has 0 aliphatic carbocycles. The summed E-state index contributed by atoms with van der Waals surface area (Å²) in [4.78, 5) is 6.99. The highest BCUT2D eigenvalue weighted by molar-refractivity contribution is 6.27. The molecule has 0 saturated carbocycles. The molecule has 0 bridgehead atoms. The van der Waals surface area contributed by atoms with Crippen molar-refractivity contribution in [2.75, 3.05) is 61.9 Å². The van der Waals surface area contributed by atoms with Gasteiger partial charge < -0.3 is 19.1 Å². The molecule has 0 amide bonds. The van der Waals surface area contributed by atoms with E-state index in [9.17, 15) is 0 Å². The maximum Gasteiger partial charge on any atom is 0.162 e. The SMILES string of the molecule is CCCC(C)O[SiH2]CC(CN(C)C)(CN(C)C)CN(C)C. The quantitative estimate of drug-likeness (QED) is 0.506. The van der Waals surface area contributed by atoms with Crippen molar-refractivity contribution in [2.45, 2.75) is 38.8 Å². The second-order valence-corrected chi connectivity index (χ2v) is 8.68. The van der Waals surface area contributed by atoms with E-state index in [2.05, 4.69) is 70.8 Å². The summed E-state index contributed by atoms with van der Waals surface area (Å²) in [5.41, 5.74) is 0.314. The first-order chi connectivity index (χ1) is 9.70. The van der Waals surface area contributed by atoms with Crippen molar-refractivity contribution < 1.29 is 4.43 Å². The van der Waals surface area contributed by atoms with Crippen molar-refractivity contribution in [2.24, 2.45) is 5.41 Å². The summed E-state index contributed by atoms with van der Waals surface area (Å²) < 4.78 is 6.17. The molecule has 0 spiro atoms. The van der Waals surface area contributed by atoms with Gasteiger partial charge >= 0.3 is 0 Å². The van der Waals surface area contributed by atoms with Gasteiger partial charge in [-0.3, -0.25) is 0 Å². The van der Waals surface area contributed by atoms with Crippen molar-refractivity contribution >= 4 is 9.76 Å². The number of rotatable bonds is 12. The number of nitrogens with zero attached hydrogens (tertiary/aromatic N) is 3. The Morgan fingerprint density at radius 3 is 1.67 bits per heavy atom. The van der Waals surface area contributed by atoms with Crippen molar-refractivity contribution in [3.05, 3.63) is 0 Å². The lowest BCUT2D eigenvalue weighted by Crippen LogP contribution is -2.48. The fraction of sp³-hybridized carbons (Fsp3) is 1.00. The fourth-order valence-electron chi connectivity index (χ4n) is 3.37. The first-order valence-corrected chi connectivity index (χ1v) is 9.84. The van der Waals surface area contributed by atoms with Gasteiger partial charge in [-0.1, -0.05) is 13.3 Å². The largest absolute Gasteiger partial charge is 0.421 e. The van der Waals surface area contributed by atoms with Gasteiger partial charge in [0, 0.05) is 31.2 Å². The molecular weight excluding hydrogens is 278 g/mol. The molecule has 0 aromatic rings. The molecule has 4 nitrogen and oxygen atoms in total. The van der Waals surface area contributed by atoms with Crippen molar-refractivity contribution in [1.82, 2.24) is 14.7 Å². The summed E-state index contributed by atoms with van der Waals surface area (Å²) in [6.45, 7) is 7.84. The van der Waals surface area contributed by atoms with Crippen LogP contribution in [-0.4, -0.2) is 92.5 Å². The van der Waals surface area contributed by atoms with E-state index in [4.69, 9.17) is 4.43 Å². The molecule has 0 heterocycles. The Hall–Kier alpha value is 0.0569. The van der Waals surface area contributed by atoms with Crippen LogP contribution in [0.15, 0.2) is 0 Å². The Balaban J connectivity index is 4.72. The minimum atomic E-state index is -0.469. The van der Waals surface area contributed by atoms with Gasteiger partial charge in [-0.2, -0.15) is 0 Å². The van der Waals surface area contributed by atoms with E-state index < -0.39 is 9.76 Å². The minimum Gasteiger partial charge on any atom is -0.421 e. The van der Waals surface area contributed by atoms with Gasteiger partial charge in [0.05, 0.1) is 0 Å². The van der Waals surface area contributed by atoms with Gasteiger partial charge in [0.2, 0.25) is 0 Å². The third kappa shape index (κ3) is 10.4. The normalized spacial score (nSPS) is 15.0. The van der Waals surface area contributed by atoms with Crippen LogP contribution in [0.25, 0.3) is 0 Å². The van der Waals surface area contributed by atoms with Crippen LogP contribution in [-0.2, 0) is 4.43 Å². The van der Waals surface area contributed by atoms with E-state index in [1.807, 2.05) is 0 Å². The smallest absolute Gasteiger partial charge is 0.162 e. The van der Waals surface area contributed by atoms with Gasteiger partial charge in [0.25, 0.3) is 0 Å². The predicted octanol–water partition coefficient (Wildman–Crippen LogP) is 1.36. The zero-order chi connectivity index (χ0) is 16.5. The monoisotopic (exact) mass is 317 g/mol. The Kier molecular flexibility index (Phi) is 10.8. The van der Waals surface area contributed by atoms with E-state index in [0.29, 0.717) is 11.5 Å². The van der Waals surface area contributed by atoms with E-state index in [1.165, 1.54) is 18.9 Å². The molecule has 21 heavy (non-hydrogen) atoms. The lowest BCUT2D eigenvalue weighted by Gasteiger charge is -2.40. The number of hydrogen-bond acceptors (Lipinski definition) is 4. The predicted molar refractivity (Wildman–Crippen MR) is 96.9 cm³/mol. The zero-order valence-corrected chi connectivity index (χ0v) is 17.2. The van der Waals surface area contributed by atoms with Gasteiger partial charge in [0.1, 0.15) is 0 Å². The first-order valence-electron chi connectivity index (χ1n) is 8.26. The van der Waals surface area contributed by atoms with Crippen molar-refractivity contribution in [1.29, 1.82) is 0 Å². The average Bonchev–Trinajstić information content (AvgIpc) is 2.25. The van der Waals surface area contributed by atoms with Gasteiger partial charge in [-0.25, -0.2) is 0 Å². The molecule has 0 aliphatic heterocycles. The van der Waals surface area contributed by atoms with E-state index in [1.54, 1.807) is 0 Å². The maximum atomic E-state index is 6.17. The van der Waals surface area contributed by atoms with Crippen molar-refractivity contribution in [3.8, 4) is 0 Å². The molecule has 0 fully saturated rings. The summed E-state index contributed by atoms with van der Waals surface area (Å²) in [6, 6.07) is 1.25. The molecule has 1 unspecified atom stereocenters. The second kappa shape index (κ2) is 10.7. The van der Waals surface area contributed by atoms with E-state index >= 15 is 0 Å². The Morgan fingerprint density at radius 1 is 0.905 bits per heavy atom. The topological polar surface area (TPSA) is 19.0 Å². The zero-order valence-electron chi connectivity index (χ0n) is 15.8. The van der Waals surface area contributed by atoms with Crippen LogP contribution in [0.1, 0.15) is 26.7 Å². The second-order valence-electron chi connectivity index (χ2n) is 7.43. The summed E-state index contributed by atoms with van der Waals surface area (Å²) >= 11 is 0. The average molecular weight is 318 g/mol. The molecule has 1 atom stereocenters. The van der Waals surface area contributed by atoms with Crippen LogP contribution in [0.4, 0.5) is 0 Å². The summed E-state index contributed by atoms with van der Waals surface area (Å²) in [6.07, 6.45) is 2.85. The molecule has 5 heteroatoms. The van der Waals surface area contributed by atoms with Crippen molar-refractivity contribution in [3.63, 3.8) is 0 Å². The summed E-state index contributed by atoms with van der Waals surface area (Å²) in [5.74, 6) is 0. The molecule has 0 aromatic heterocycles. The summed E-state index contributed by atoms with van der Waals surface area (Å²) in [7, 11) is 12.6. The molecule has 0 aliphatic rings. The number of hydrogen-bond donors (Lipinski definition) is 0. The standard InChI is InChI=1S/C16H39N3OSi/c1-9-10-15(2)20-21-14-16(11-17(3)4,12-18(5)6)13-19(7)8/h15H,9-14,21H2,1-8H3. The lowest BCUT2D eigenvalue weighted by atomic mass is 9.88. The molecule has 128 valence electrons. The highest BCUT2D eigenvalue weighted by Crippen LogP contribution is 2.26. The molecular formula is C16H39N3OSi. The highest BCUT2D eigenvalue weighted by Gasteiger charge is 2.32. The van der Waals surface area contributed by atoms with E-state index in [0.717, 1.165) is 19.6 Å².